The molecule has 0 aromatic heterocycles. The zero-order valence-electron chi connectivity index (χ0n) is 15.7. The minimum absolute atomic E-state index is 0.152. The van der Waals surface area contributed by atoms with Gasteiger partial charge in [0.1, 0.15) is 11.5 Å². The lowest BCUT2D eigenvalue weighted by atomic mass is 10.0. The van der Waals surface area contributed by atoms with E-state index in [-0.39, 0.29) is 6.10 Å². The van der Waals surface area contributed by atoms with E-state index in [9.17, 15) is 5.11 Å². The second-order valence-corrected chi connectivity index (χ2v) is 7.70. The molecule has 0 bridgehead atoms. The summed E-state index contributed by atoms with van der Waals surface area (Å²) in [5.41, 5.74) is 3.32. The maximum Gasteiger partial charge on any atom is 0.135 e. The quantitative estimate of drug-likeness (QED) is 0.598. The molecule has 28 heavy (non-hydrogen) atoms. The van der Waals surface area contributed by atoms with Crippen LogP contribution in [0.5, 0.6) is 11.5 Å². The smallest absolute Gasteiger partial charge is 0.135 e. The van der Waals surface area contributed by atoms with Crippen molar-refractivity contribution in [3.63, 3.8) is 0 Å². The summed E-state index contributed by atoms with van der Waals surface area (Å²) in [5, 5.41) is 10.4. The molecule has 4 heteroatoms. The normalized spacial score (nSPS) is 15.5. The van der Waals surface area contributed by atoms with E-state index in [2.05, 4.69) is 23.1 Å². The molecule has 1 aliphatic rings. The van der Waals surface area contributed by atoms with Gasteiger partial charge in [-0.05, 0) is 54.3 Å². The van der Waals surface area contributed by atoms with Gasteiger partial charge < -0.3 is 9.84 Å². The van der Waals surface area contributed by atoms with E-state index in [1.165, 1.54) is 5.56 Å². The molecule has 0 saturated carbocycles. The van der Waals surface area contributed by atoms with Crippen LogP contribution in [0.3, 0.4) is 0 Å². The third-order valence-electron chi connectivity index (χ3n) is 5.14. The highest BCUT2D eigenvalue weighted by atomic mass is 35.5. The molecule has 0 spiro atoms. The van der Waals surface area contributed by atoms with Crippen molar-refractivity contribution in [2.24, 2.45) is 0 Å². The maximum absolute atomic E-state index is 9.73. The Kier molecular flexibility index (Phi) is 5.96. The van der Waals surface area contributed by atoms with Crippen molar-refractivity contribution in [3.8, 4) is 22.6 Å². The number of likely N-dealkylation sites (tertiary alicyclic amines) is 1. The summed E-state index contributed by atoms with van der Waals surface area (Å²) in [6, 6.07) is 24.1. The number of aliphatic hydroxyl groups excluding tert-OH is 1. The van der Waals surface area contributed by atoms with Gasteiger partial charge in [-0.15, -0.1) is 0 Å². The molecule has 0 unspecified atom stereocenters. The molecule has 3 nitrogen and oxygen atoms in total. The molecule has 1 heterocycles. The highest BCUT2D eigenvalue weighted by molar-refractivity contribution is 6.30. The van der Waals surface area contributed by atoms with Gasteiger partial charge in [0.05, 0.1) is 6.10 Å². The summed E-state index contributed by atoms with van der Waals surface area (Å²) in [7, 11) is 0. The van der Waals surface area contributed by atoms with Crippen LogP contribution in [0.25, 0.3) is 11.1 Å². The summed E-state index contributed by atoms with van der Waals surface area (Å²) in [6.45, 7) is 2.71. The van der Waals surface area contributed by atoms with E-state index in [1.54, 1.807) is 0 Å². The van der Waals surface area contributed by atoms with E-state index < -0.39 is 0 Å². The van der Waals surface area contributed by atoms with Gasteiger partial charge in [-0.25, -0.2) is 0 Å². The summed E-state index contributed by atoms with van der Waals surface area (Å²) in [5.74, 6) is 1.65. The number of hydrogen-bond acceptors (Lipinski definition) is 3. The minimum Gasteiger partial charge on any atom is -0.457 e. The van der Waals surface area contributed by atoms with Gasteiger partial charge in [-0.2, -0.15) is 0 Å². The van der Waals surface area contributed by atoms with Crippen molar-refractivity contribution < 1.29 is 9.84 Å². The highest BCUT2D eigenvalue weighted by Gasteiger charge is 2.18. The monoisotopic (exact) mass is 393 g/mol. The van der Waals surface area contributed by atoms with Crippen LogP contribution in [-0.2, 0) is 6.54 Å². The number of para-hydroxylation sites is 1. The van der Waals surface area contributed by atoms with Gasteiger partial charge in [0.2, 0.25) is 0 Å². The molecule has 0 amide bonds. The van der Waals surface area contributed by atoms with E-state index >= 15 is 0 Å². The SMILES string of the molecule is OC1CCN(Cc2ccc(-c3ccc(Cl)cc3)c(Oc3ccccc3)c2)CC1. The Labute approximate surface area is 171 Å². The zero-order chi connectivity index (χ0) is 19.3. The topological polar surface area (TPSA) is 32.7 Å². The average Bonchev–Trinajstić information content (AvgIpc) is 2.72. The van der Waals surface area contributed by atoms with Crippen LogP contribution in [0.4, 0.5) is 0 Å². The van der Waals surface area contributed by atoms with Crippen LogP contribution in [-0.4, -0.2) is 29.2 Å². The first-order valence-corrected chi connectivity index (χ1v) is 10.1. The lowest BCUT2D eigenvalue weighted by Crippen LogP contribution is -2.35. The fraction of sp³-hybridized carbons (Fsp3) is 0.250. The molecule has 0 atom stereocenters. The van der Waals surface area contributed by atoms with Crippen molar-refractivity contribution in [3.05, 3.63) is 83.4 Å². The first-order valence-electron chi connectivity index (χ1n) is 9.69. The largest absolute Gasteiger partial charge is 0.457 e. The maximum atomic E-state index is 9.73. The lowest BCUT2D eigenvalue weighted by molar-refractivity contribution is 0.0792. The average molecular weight is 394 g/mol. The number of halogens is 1. The molecule has 1 fully saturated rings. The number of rotatable bonds is 5. The van der Waals surface area contributed by atoms with Crippen molar-refractivity contribution in [1.82, 2.24) is 4.90 Å². The molecule has 0 aliphatic carbocycles. The molecule has 0 radical (unpaired) electrons. The van der Waals surface area contributed by atoms with Crippen LogP contribution in [0, 0.1) is 0 Å². The van der Waals surface area contributed by atoms with Crippen LogP contribution in [0.1, 0.15) is 18.4 Å². The molecule has 3 aromatic carbocycles. The molecular formula is C24H24ClNO2. The number of aliphatic hydroxyl groups is 1. The highest BCUT2D eigenvalue weighted by Crippen LogP contribution is 2.35. The summed E-state index contributed by atoms with van der Waals surface area (Å²) >= 11 is 6.06. The summed E-state index contributed by atoms with van der Waals surface area (Å²) < 4.78 is 6.25. The number of piperidine rings is 1. The van der Waals surface area contributed by atoms with Crippen LogP contribution in [0.15, 0.2) is 72.8 Å². The molecule has 3 aromatic rings. The van der Waals surface area contributed by atoms with Crippen molar-refractivity contribution in [2.75, 3.05) is 13.1 Å². The molecule has 1 aliphatic heterocycles. The second kappa shape index (κ2) is 8.78. The van der Waals surface area contributed by atoms with Gasteiger partial charge in [-0.1, -0.05) is 54.1 Å². The van der Waals surface area contributed by atoms with Gasteiger partial charge >= 0.3 is 0 Å². The number of benzene rings is 3. The second-order valence-electron chi connectivity index (χ2n) is 7.26. The van der Waals surface area contributed by atoms with Gasteiger partial charge in [0, 0.05) is 30.2 Å². The first kappa shape index (κ1) is 19.0. The van der Waals surface area contributed by atoms with Crippen molar-refractivity contribution in [1.29, 1.82) is 0 Å². The van der Waals surface area contributed by atoms with Gasteiger partial charge in [-0.3, -0.25) is 4.90 Å². The predicted molar refractivity (Wildman–Crippen MR) is 114 cm³/mol. The minimum atomic E-state index is -0.152. The third kappa shape index (κ3) is 4.74. The Bertz CT molecular complexity index is 904. The molecule has 4 rings (SSSR count). The number of nitrogens with zero attached hydrogens (tertiary/aromatic N) is 1. The molecule has 144 valence electrons. The van der Waals surface area contributed by atoms with Crippen molar-refractivity contribution >= 4 is 11.6 Å². The van der Waals surface area contributed by atoms with Gasteiger partial charge in [0.25, 0.3) is 0 Å². The van der Waals surface area contributed by atoms with E-state index in [1.807, 2.05) is 54.6 Å². The van der Waals surface area contributed by atoms with Crippen LogP contribution >= 0.6 is 11.6 Å². The fourth-order valence-corrected chi connectivity index (χ4v) is 3.69. The molecule has 1 N–H and O–H groups in total. The lowest BCUT2D eigenvalue weighted by Gasteiger charge is -2.29. The number of ether oxygens (including phenoxy) is 1. The third-order valence-corrected chi connectivity index (χ3v) is 5.39. The Balaban J connectivity index is 1.63. The first-order chi connectivity index (χ1) is 13.7. The number of hydrogen-bond donors (Lipinski definition) is 1. The van der Waals surface area contributed by atoms with E-state index in [0.29, 0.717) is 0 Å². The van der Waals surface area contributed by atoms with E-state index in [0.717, 1.165) is 60.1 Å². The van der Waals surface area contributed by atoms with Gasteiger partial charge in [0.15, 0.2) is 0 Å². The Morgan fingerprint density at radius 3 is 2.36 bits per heavy atom. The molecule has 1 saturated heterocycles. The zero-order valence-corrected chi connectivity index (χ0v) is 16.5. The summed E-state index contributed by atoms with van der Waals surface area (Å²) in [4.78, 5) is 2.39. The Hall–Kier alpha value is -2.33. The van der Waals surface area contributed by atoms with Crippen molar-refractivity contribution in [2.45, 2.75) is 25.5 Å². The van der Waals surface area contributed by atoms with Crippen LogP contribution in [0.2, 0.25) is 5.02 Å². The predicted octanol–water partition coefficient (Wildman–Crippen LogP) is 5.76. The molecular weight excluding hydrogens is 370 g/mol. The standard InChI is InChI=1S/C24H24ClNO2/c25-20-9-7-19(8-10-20)23-11-6-18(17-26-14-12-21(27)13-15-26)16-24(23)28-22-4-2-1-3-5-22/h1-11,16,21,27H,12-15,17H2. The van der Waals surface area contributed by atoms with E-state index in [4.69, 9.17) is 16.3 Å². The Morgan fingerprint density at radius 1 is 0.929 bits per heavy atom. The fourth-order valence-electron chi connectivity index (χ4n) is 3.57. The van der Waals surface area contributed by atoms with Crippen LogP contribution < -0.4 is 4.74 Å². The Morgan fingerprint density at radius 2 is 1.64 bits per heavy atom. The summed E-state index contributed by atoms with van der Waals surface area (Å²) in [6.07, 6.45) is 1.53.